The number of methoxy groups -OCH3 is 1. The maximum Gasteiger partial charge on any atom is 0.184 e. The number of anilines is 4. The SMILES string of the molecule is CCC(=O)c1cnc(Nc2cc(C(C)NC)ncn2)cc1Nc1cccc(-c2ncn(C)n2)c1OC. The zero-order chi connectivity index (χ0) is 25.7. The normalized spacial score (nSPS) is 11.7. The monoisotopic (exact) mass is 487 g/mol. The third-order valence-corrected chi connectivity index (χ3v) is 5.68. The van der Waals surface area contributed by atoms with Crippen LogP contribution in [0.2, 0.25) is 0 Å². The molecule has 4 aromatic rings. The van der Waals surface area contributed by atoms with E-state index in [1.165, 1.54) is 6.33 Å². The molecule has 0 saturated carbocycles. The summed E-state index contributed by atoms with van der Waals surface area (Å²) in [6.45, 7) is 3.83. The van der Waals surface area contributed by atoms with E-state index in [1.807, 2.05) is 45.2 Å². The number of ether oxygens (including phenoxy) is 1. The smallest absolute Gasteiger partial charge is 0.184 e. The van der Waals surface area contributed by atoms with Gasteiger partial charge in [-0.05, 0) is 26.1 Å². The first-order valence-corrected chi connectivity index (χ1v) is 11.5. The number of nitrogens with one attached hydrogen (secondary N) is 3. The Hall–Kier alpha value is -4.38. The molecule has 186 valence electrons. The van der Waals surface area contributed by atoms with Gasteiger partial charge in [0.1, 0.15) is 24.3 Å². The largest absolute Gasteiger partial charge is 0.494 e. The van der Waals surface area contributed by atoms with Gasteiger partial charge in [-0.2, -0.15) is 5.10 Å². The molecular weight excluding hydrogens is 458 g/mol. The van der Waals surface area contributed by atoms with E-state index in [2.05, 4.69) is 41.0 Å². The van der Waals surface area contributed by atoms with Crippen LogP contribution in [0.1, 0.15) is 42.4 Å². The fourth-order valence-electron chi connectivity index (χ4n) is 3.64. The molecule has 4 rings (SSSR count). The highest BCUT2D eigenvalue weighted by atomic mass is 16.5. The number of aromatic nitrogens is 6. The Kier molecular flexibility index (Phi) is 7.50. The van der Waals surface area contributed by atoms with Crippen molar-refractivity contribution in [1.82, 2.24) is 35.0 Å². The van der Waals surface area contributed by atoms with Gasteiger partial charge in [0.2, 0.25) is 0 Å². The highest BCUT2D eigenvalue weighted by molar-refractivity contribution is 6.02. The maximum atomic E-state index is 12.7. The molecule has 3 heterocycles. The summed E-state index contributed by atoms with van der Waals surface area (Å²) < 4.78 is 7.35. The van der Waals surface area contributed by atoms with Crippen molar-refractivity contribution in [1.29, 1.82) is 0 Å². The van der Waals surface area contributed by atoms with E-state index in [9.17, 15) is 4.79 Å². The van der Waals surface area contributed by atoms with E-state index in [4.69, 9.17) is 4.74 Å². The number of pyridine rings is 1. The summed E-state index contributed by atoms with van der Waals surface area (Å²) in [6, 6.07) is 9.33. The third-order valence-electron chi connectivity index (χ3n) is 5.68. The predicted molar refractivity (Wildman–Crippen MR) is 138 cm³/mol. The van der Waals surface area contributed by atoms with Gasteiger partial charge in [0, 0.05) is 37.8 Å². The van der Waals surface area contributed by atoms with Crippen LogP contribution in [0.15, 0.2) is 49.2 Å². The van der Waals surface area contributed by atoms with Gasteiger partial charge < -0.3 is 20.7 Å². The molecule has 1 aromatic carbocycles. The van der Waals surface area contributed by atoms with E-state index in [1.54, 1.807) is 37.4 Å². The van der Waals surface area contributed by atoms with Crippen LogP contribution in [0, 0.1) is 0 Å². The molecule has 0 aliphatic carbocycles. The summed E-state index contributed by atoms with van der Waals surface area (Å²) in [7, 11) is 5.26. The second-order valence-electron chi connectivity index (χ2n) is 8.11. The van der Waals surface area contributed by atoms with Crippen LogP contribution in [0.5, 0.6) is 5.75 Å². The molecule has 0 radical (unpaired) electrons. The van der Waals surface area contributed by atoms with Crippen molar-refractivity contribution in [2.45, 2.75) is 26.3 Å². The first kappa shape index (κ1) is 24.7. The molecule has 0 aliphatic rings. The Morgan fingerprint density at radius 1 is 1.08 bits per heavy atom. The van der Waals surface area contributed by atoms with E-state index in [0.717, 1.165) is 11.3 Å². The topological polar surface area (TPSA) is 132 Å². The average Bonchev–Trinajstić information content (AvgIpc) is 3.34. The number of carbonyl (C=O) groups excluding carboxylic acids is 1. The Labute approximate surface area is 209 Å². The van der Waals surface area contributed by atoms with Crippen molar-refractivity contribution in [2.75, 3.05) is 24.8 Å². The Morgan fingerprint density at radius 2 is 1.89 bits per heavy atom. The van der Waals surface area contributed by atoms with Gasteiger partial charge >= 0.3 is 0 Å². The molecule has 0 bridgehead atoms. The standard InChI is InChI=1S/C25H29N9O2/c1-6-21(35)17-12-27-22(32-23-10-19(15(2)26-3)28-13-29-23)11-20(17)31-18-9-7-8-16(24(18)36-5)25-30-14-34(4)33-25/h7-15,26H,6H2,1-5H3,(H2,27,28,29,31,32). The van der Waals surface area contributed by atoms with Crippen molar-refractivity contribution < 1.29 is 9.53 Å². The Bertz CT molecular complexity index is 1370. The summed E-state index contributed by atoms with van der Waals surface area (Å²) >= 11 is 0. The highest BCUT2D eigenvalue weighted by Gasteiger charge is 2.18. The number of hydrogen-bond acceptors (Lipinski definition) is 10. The number of carbonyl (C=O) groups is 1. The zero-order valence-electron chi connectivity index (χ0n) is 20.9. The minimum atomic E-state index is -0.0368. The van der Waals surface area contributed by atoms with Gasteiger partial charge in [0.15, 0.2) is 17.4 Å². The fourth-order valence-corrected chi connectivity index (χ4v) is 3.64. The Morgan fingerprint density at radius 3 is 2.58 bits per heavy atom. The zero-order valence-corrected chi connectivity index (χ0v) is 20.9. The molecule has 11 nitrogen and oxygen atoms in total. The molecule has 3 aromatic heterocycles. The molecule has 0 aliphatic heterocycles. The highest BCUT2D eigenvalue weighted by Crippen LogP contribution is 2.37. The minimum Gasteiger partial charge on any atom is -0.494 e. The lowest BCUT2D eigenvalue weighted by molar-refractivity contribution is 0.0988. The van der Waals surface area contributed by atoms with Gasteiger partial charge in [-0.3, -0.25) is 9.48 Å². The van der Waals surface area contributed by atoms with Gasteiger partial charge in [-0.25, -0.2) is 19.9 Å². The number of rotatable bonds is 10. The fraction of sp³-hybridized carbons (Fsp3) is 0.280. The van der Waals surface area contributed by atoms with Gasteiger partial charge in [-0.1, -0.05) is 13.0 Å². The molecule has 0 saturated heterocycles. The lowest BCUT2D eigenvalue weighted by atomic mass is 10.1. The lowest BCUT2D eigenvalue weighted by Crippen LogP contribution is -2.14. The molecule has 1 atom stereocenters. The summed E-state index contributed by atoms with van der Waals surface area (Å²) in [6.07, 6.45) is 5.03. The summed E-state index contributed by atoms with van der Waals surface area (Å²) in [5, 5.41) is 14.1. The molecule has 0 spiro atoms. The first-order chi connectivity index (χ1) is 17.4. The molecule has 36 heavy (non-hydrogen) atoms. The summed E-state index contributed by atoms with van der Waals surface area (Å²) in [4.78, 5) is 30.1. The van der Waals surface area contributed by atoms with Crippen molar-refractivity contribution in [3.05, 3.63) is 60.4 Å². The molecule has 3 N–H and O–H groups in total. The van der Waals surface area contributed by atoms with Gasteiger partial charge in [-0.15, -0.1) is 0 Å². The van der Waals surface area contributed by atoms with Crippen molar-refractivity contribution in [3.8, 4) is 17.1 Å². The number of benzene rings is 1. The van der Waals surface area contributed by atoms with Crippen LogP contribution < -0.4 is 20.7 Å². The second-order valence-corrected chi connectivity index (χ2v) is 8.11. The van der Waals surface area contributed by atoms with E-state index in [0.29, 0.717) is 46.6 Å². The predicted octanol–water partition coefficient (Wildman–Crippen LogP) is 4.04. The average molecular weight is 488 g/mol. The van der Waals surface area contributed by atoms with Gasteiger partial charge in [0.05, 0.1) is 35.3 Å². The first-order valence-electron chi connectivity index (χ1n) is 11.5. The maximum absolute atomic E-state index is 12.7. The number of para-hydroxylation sites is 1. The van der Waals surface area contributed by atoms with E-state index >= 15 is 0 Å². The van der Waals surface area contributed by atoms with Crippen LogP contribution in [0.3, 0.4) is 0 Å². The van der Waals surface area contributed by atoms with Crippen molar-refractivity contribution in [2.24, 2.45) is 7.05 Å². The van der Waals surface area contributed by atoms with Crippen LogP contribution in [0.25, 0.3) is 11.4 Å². The lowest BCUT2D eigenvalue weighted by Gasteiger charge is -2.17. The summed E-state index contributed by atoms with van der Waals surface area (Å²) in [5.74, 6) is 2.18. The number of aryl methyl sites for hydroxylation is 1. The van der Waals surface area contributed by atoms with Crippen LogP contribution in [-0.4, -0.2) is 49.7 Å². The quantitative estimate of drug-likeness (QED) is 0.282. The number of Topliss-reactive ketones (excluding diaryl/α,β-unsaturated/α-hetero) is 1. The minimum absolute atomic E-state index is 0.0368. The second kappa shape index (κ2) is 10.9. The van der Waals surface area contributed by atoms with Crippen molar-refractivity contribution in [3.63, 3.8) is 0 Å². The van der Waals surface area contributed by atoms with Crippen LogP contribution >= 0.6 is 0 Å². The molecule has 0 fully saturated rings. The van der Waals surface area contributed by atoms with Crippen LogP contribution in [-0.2, 0) is 7.05 Å². The number of hydrogen-bond donors (Lipinski definition) is 3. The van der Waals surface area contributed by atoms with E-state index in [-0.39, 0.29) is 11.8 Å². The van der Waals surface area contributed by atoms with Crippen molar-refractivity contribution >= 4 is 28.8 Å². The molecular formula is C25H29N9O2. The van der Waals surface area contributed by atoms with Gasteiger partial charge in [0.25, 0.3) is 0 Å². The number of ketones is 1. The van der Waals surface area contributed by atoms with E-state index < -0.39 is 0 Å². The summed E-state index contributed by atoms with van der Waals surface area (Å²) in [5.41, 5.74) is 3.29. The van der Waals surface area contributed by atoms with Crippen LogP contribution in [0.4, 0.5) is 23.0 Å². The third kappa shape index (κ3) is 5.31. The molecule has 11 heteroatoms. The Balaban J connectivity index is 1.71. The molecule has 0 amide bonds. The number of nitrogens with zero attached hydrogens (tertiary/aromatic N) is 6. The molecule has 1 unspecified atom stereocenters.